The van der Waals surface area contributed by atoms with E-state index >= 15 is 0 Å². The summed E-state index contributed by atoms with van der Waals surface area (Å²) in [7, 11) is 1.63. The zero-order valence-corrected chi connectivity index (χ0v) is 10.6. The molecule has 2 nitrogen and oxygen atoms in total. The topological polar surface area (TPSA) is 26.3 Å². The number of hydrogen-bond acceptors (Lipinski definition) is 2. The third kappa shape index (κ3) is 2.87. The summed E-state index contributed by atoms with van der Waals surface area (Å²) in [6, 6.07) is 7.50. The molecule has 0 aliphatic heterocycles. The van der Waals surface area contributed by atoms with E-state index in [2.05, 4.69) is 6.92 Å². The third-order valence-corrected chi connectivity index (χ3v) is 3.66. The van der Waals surface area contributed by atoms with Crippen LogP contribution in [0.4, 0.5) is 0 Å². The number of carbonyl (C=O) groups is 1. The Bertz CT molecular complexity index is 398. The highest BCUT2D eigenvalue weighted by Crippen LogP contribution is 2.31. The Morgan fingerprint density at radius 3 is 2.88 bits per heavy atom. The van der Waals surface area contributed by atoms with E-state index in [1.54, 1.807) is 7.11 Å². The van der Waals surface area contributed by atoms with Crippen LogP contribution in [0.2, 0.25) is 0 Å². The summed E-state index contributed by atoms with van der Waals surface area (Å²) >= 11 is 0. The van der Waals surface area contributed by atoms with Crippen LogP contribution < -0.4 is 4.74 Å². The van der Waals surface area contributed by atoms with Crippen molar-refractivity contribution in [3.63, 3.8) is 0 Å². The van der Waals surface area contributed by atoms with Crippen LogP contribution in [-0.2, 0) is 0 Å². The van der Waals surface area contributed by atoms with E-state index in [4.69, 9.17) is 4.74 Å². The molecule has 1 aromatic carbocycles. The number of benzene rings is 1. The van der Waals surface area contributed by atoms with Crippen molar-refractivity contribution in [1.82, 2.24) is 0 Å². The second kappa shape index (κ2) is 5.35. The molecule has 2 heteroatoms. The molecule has 0 saturated heterocycles. The lowest BCUT2D eigenvalue weighted by molar-refractivity contribution is 0.0868. The molecule has 1 aliphatic rings. The fourth-order valence-electron chi connectivity index (χ4n) is 2.68. The van der Waals surface area contributed by atoms with Crippen LogP contribution in [0.3, 0.4) is 0 Å². The Labute approximate surface area is 103 Å². The van der Waals surface area contributed by atoms with Crippen LogP contribution in [0, 0.1) is 11.8 Å². The van der Waals surface area contributed by atoms with E-state index in [-0.39, 0.29) is 11.7 Å². The van der Waals surface area contributed by atoms with Gasteiger partial charge in [0.2, 0.25) is 0 Å². The molecule has 0 heterocycles. The van der Waals surface area contributed by atoms with Gasteiger partial charge in [-0.2, -0.15) is 0 Å². The summed E-state index contributed by atoms with van der Waals surface area (Å²) in [5, 5.41) is 0. The molecule has 0 aromatic heterocycles. The number of carbonyl (C=O) groups excluding carboxylic acids is 1. The molecule has 92 valence electrons. The Balaban J connectivity index is 2.12. The van der Waals surface area contributed by atoms with Gasteiger partial charge in [0.05, 0.1) is 7.11 Å². The minimum atomic E-state index is 0.214. The highest BCUT2D eigenvalue weighted by molar-refractivity contribution is 5.98. The van der Waals surface area contributed by atoms with Gasteiger partial charge in [-0.3, -0.25) is 4.79 Å². The van der Waals surface area contributed by atoms with Crippen LogP contribution in [0.25, 0.3) is 0 Å². The SMILES string of the molecule is COc1cccc(C(=O)C2CCCC(C)C2)c1. The number of ether oxygens (including phenoxy) is 1. The maximum absolute atomic E-state index is 12.4. The van der Waals surface area contributed by atoms with E-state index in [0.717, 1.165) is 24.2 Å². The molecule has 0 amide bonds. The molecular formula is C15H20O2. The van der Waals surface area contributed by atoms with Crippen LogP contribution in [-0.4, -0.2) is 12.9 Å². The highest BCUT2D eigenvalue weighted by atomic mass is 16.5. The predicted octanol–water partition coefficient (Wildman–Crippen LogP) is 3.70. The molecule has 2 atom stereocenters. The lowest BCUT2D eigenvalue weighted by Gasteiger charge is -2.25. The Morgan fingerprint density at radius 2 is 2.18 bits per heavy atom. The minimum Gasteiger partial charge on any atom is -0.497 e. The van der Waals surface area contributed by atoms with E-state index in [1.165, 1.54) is 12.8 Å². The standard InChI is InChI=1S/C15H20O2/c1-11-5-3-6-12(9-11)15(16)13-7-4-8-14(10-13)17-2/h4,7-8,10-12H,3,5-6,9H2,1-2H3. The first-order valence-electron chi connectivity index (χ1n) is 6.39. The van der Waals surface area contributed by atoms with Gasteiger partial charge in [0.1, 0.15) is 5.75 Å². The van der Waals surface area contributed by atoms with Gasteiger partial charge in [0, 0.05) is 11.5 Å². The van der Waals surface area contributed by atoms with Crippen molar-refractivity contribution < 1.29 is 9.53 Å². The van der Waals surface area contributed by atoms with Gasteiger partial charge >= 0.3 is 0 Å². The predicted molar refractivity (Wildman–Crippen MR) is 68.4 cm³/mol. The maximum Gasteiger partial charge on any atom is 0.166 e. The molecule has 1 saturated carbocycles. The van der Waals surface area contributed by atoms with Crippen molar-refractivity contribution >= 4 is 5.78 Å². The number of hydrogen-bond donors (Lipinski definition) is 0. The number of methoxy groups -OCH3 is 1. The van der Waals surface area contributed by atoms with Gasteiger partial charge in [-0.05, 0) is 30.9 Å². The third-order valence-electron chi connectivity index (χ3n) is 3.66. The summed E-state index contributed by atoms with van der Waals surface area (Å²) in [6.07, 6.45) is 4.53. The first-order valence-corrected chi connectivity index (χ1v) is 6.39. The van der Waals surface area contributed by atoms with E-state index < -0.39 is 0 Å². The highest BCUT2D eigenvalue weighted by Gasteiger charge is 2.25. The normalized spacial score (nSPS) is 24.4. The van der Waals surface area contributed by atoms with Crippen LogP contribution >= 0.6 is 0 Å². The fourth-order valence-corrected chi connectivity index (χ4v) is 2.68. The van der Waals surface area contributed by atoms with E-state index in [1.807, 2.05) is 24.3 Å². The van der Waals surface area contributed by atoms with Crippen molar-refractivity contribution in [3.8, 4) is 5.75 Å². The average molecular weight is 232 g/mol. The van der Waals surface area contributed by atoms with Crippen molar-refractivity contribution in [2.24, 2.45) is 11.8 Å². The Morgan fingerprint density at radius 1 is 1.35 bits per heavy atom. The van der Waals surface area contributed by atoms with Crippen LogP contribution in [0.15, 0.2) is 24.3 Å². The van der Waals surface area contributed by atoms with E-state index in [0.29, 0.717) is 5.92 Å². The first-order chi connectivity index (χ1) is 8.20. The monoisotopic (exact) mass is 232 g/mol. The van der Waals surface area contributed by atoms with Crippen LogP contribution in [0.1, 0.15) is 43.0 Å². The molecular weight excluding hydrogens is 212 g/mol. The molecule has 1 aliphatic carbocycles. The van der Waals surface area contributed by atoms with Crippen LogP contribution in [0.5, 0.6) is 5.75 Å². The summed E-state index contributed by atoms with van der Waals surface area (Å²) in [5.41, 5.74) is 0.795. The summed E-state index contributed by atoms with van der Waals surface area (Å²) in [6.45, 7) is 2.24. The molecule has 0 spiro atoms. The van der Waals surface area contributed by atoms with Gasteiger partial charge in [0.15, 0.2) is 5.78 Å². The summed E-state index contributed by atoms with van der Waals surface area (Å²) in [4.78, 5) is 12.4. The molecule has 1 aromatic rings. The van der Waals surface area contributed by atoms with Gasteiger partial charge in [-0.1, -0.05) is 31.9 Å². The van der Waals surface area contributed by atoms with Crippen molar-refractivity contribution in [2.45, 2.75) is 32.6 Å². The second-order valence-electron chi connectivity index (χ2n) is 5.06. The average Bonchev–Trinajstić information content (AvgIpc) is 2.38. The molecule has 17 heavy (non-hydrogen) atoms. The molecule has 2 rings (SSSR count). The zero-order chi connectivity index (χ0) is 12.3. The van der Waals surface area contributed by atoms with Crippen molar-refractivity contribution in [1.29, 1.82) is 0 Å². The Kier molecular flexibility index (Phi) is 3.82. The molecule has 0 bridgehead atoms. The largest absolute Gasteiger partial charge is 0.497 e. The molecule has 0 N–H and O–H groups in total. The number of rotatable bonds is 3. The minimum absolute atomic E-state index is 0.214. The van der Waals surface area contributed by atoms with Gasteiger partial charge in [-0.15, -0.1) is 0 Å². The second-order valence-corrected chi connectivity index (χ2v) is 5.06. The van der Waals surface area contributed by atoms with Gasteiger partial charge in [0.25, 0.3) is 0 Å². The smallest absolute Gasteiger partial charge is 0.166 e. The summed E-state index contributed by atoms with van der Waals surface area (Å²) in [5.74, 6) is 1.95. The molecule has 0 radical (unpaired) electrons. The number of Topliss-reactive ketones (excluding diaryl/α,β-unsaturated/α-hetero) is 1. The molecule has 2 unspecified atom stereocenters. The lowest BCUT2D eigenvalue weighted by Crippen LogP contribution is -2.21. The van der Waals surface area contributed by atoms with Gasteiger partial charge < -0.3 is 4.74 Å². The van der Waals surface area contributed by atoms with Crippen molar-refractivity contribution in [2.75, 3.05) is 7.11 Å². The molecule has 1 fully saturated rings. The fraction of sp³-hybridized carbons (Fsp3) is 0.533. The van der Waals surface area contributed by atoms with Gasteiger partial charge in [-0.25, -0.2) is 0 Å². The van der Waals surface area contributed by atoms with Crippen molar-refractivity contribution in [3.05, 3.63) is 29.8 Å². The summed E-state index contributed by atoms with van der Waals surface area (Å²) < 4.78 is 5.16. The number of ketones is 1. The van der Waals surface area contributed by atoms with E-state index in [9.17, 15) is 4.79 Å². The Hall–Kier alpha value is -1.31. The maximum atomic E-state index is 12.4. The lowest BCUT2D eigenvalue weighted by atomic mass is 9.79. The quantitative estimate of drug-likeness (QED) is 0.743. The zero-order valence-electron chi connectivity index (χ0n) is 10.6. The first kappa shape index (κ1) is 12.2.